The summed E-state index contributed by atoms with van der Waals surface area (Å²) in [5, 5.41) is 3.59. The van der Waals surface area contributed by atoms with Crippen LogP contribution in [0.5, 0.6) is 0 Å². The lowest BCUT2D eigenvalue weighted by atomic mass is 9.96. The molecule has 0 amide bonds. The van der Waals surface area contributed by atoms with Gasteiger partial charge in [0.25, 0.3) is 0 Å². The number of hydrogen-bond acceptors (Lipinski definition) is 3. The molecule has 0 aromatic heterocycles. The third kappa shape index (κ3) is 3.08. The Labute approximate surface area is 117 Å². The van der Waals surface area contributed by atoms with E-state index in [2.05, 4.69) is 49.7 Å². The van der Waals surface area contributed by atoms with E-state index in [9.17, 15) is 0 Å². The molecule has 0 aromatic carbocycles. The van der Waals surface area contributed by atoms with Crippen LogP contribution in [0.4, 0.5) is 0 Å². The zero-order valence-electron chi connectivity index (χ0n) is 12.9. The summed E-state index contributed by atoms with van der Waals surface area (Å²) in [5.41, 5.74) is 4.00. The van der Waals surface area contributed by atoms with E-state index in [4.69, 9.17) is 0 Å². The third-order valence-electron chi connectivity index (χ3n) is 3.98. The molecule has 1 heterocycles. The maximum Gasteiger partial charge on any atom is 0.0666 e. The van der Waals surface area contributed by atoms with Gasteiger partial charge in [0.15, 0.2) is 0 Å². The van der Waals surface area contributed by atoms with Crippen molar-refractivity contribution in [3.8, 4) is 0 Å². The van der Waals surface area contributed by atoms with Crippen LogP contribution < -0.4 is 5.32 Å². The second-order valence-electron chi connectivity index (χ2n) is 6.16. The lowest BCUT2D eigenvalue weighted by Gasteiger charge is -2.17. The molecule has 2 fully saturated rings. The lowest BCUT2D eigenvalue weighted by molar-refractivity contribution is 0.496. The molecular weight excluding hydrogens is 234 g/mol. The van der Waals surface area contributed by atoms with E-state index in [1.807, 2.05) is 13.1 Å². The Morgan fingerprint density at radius 1 is 1.32 bits per heavy atom. The fourth-order valence-corrected chi connectivity index (χ4v) is 2.69. The van der Waals surface area contributed by atoms with Crippen molar-refractivity contribution < 1.29 is 0 Å². The van der Waals surface area contributed by atoms with E-state index in [1.54, 1.807) is 5.57 Å². The average molecular weight is 261 g/mol. The summed E-state index contributed by atoms with van der Waals surface area (Å²) in [6.45, 7) is 10.7. The topological polar surface area (TPSA) is 37.5 Å². The van der Waals surface area contributed by atoms with Gasteiger partial charge in [0.2, 0.25) is 0 Å². The minimum absolute atomic E-state index is 0.409. The molecule has 0 radical (unpaired) electrons. The molecule has 0 spiro atoms. The van der Waals surface area contributed by atoms with E-state index in [0.717, 1.165) is 5.92 Å². The van der Waals surface area contributed by atoms with E-state index in [1.165, 1.54) is 24.2 Å². The number of likely N-dealkylation sites (N-methyl/N-ethyl adjacent to an activating group) is 1. The summed E-state index contributed by atoms with van der Waals surface area (Å²) in [4.78, 5) is 6.77. The van der Waals surface area contributed by atoms with E-state index in [-0.39, 0.29) is 0 Å². The first-order valence-corrected chi connectivity index (χ1v) is 7.32. The van der Waals surface area contributed by atoms with Crippen LogP contribution in [0.3, 0.4) is 0 Å². The van der Waals surface area contributed by atoms with Gasteiger partial charge in [0.05, 0.1) is 12.1 Å². The monoisotopic (exact) mass is 261 g/mol. The lowest BCUT2D eigenvalue weighted by Crippen LogP contribution is -2.17. The van der Waals surface area contributed by atoms with Gasteiger partial charge in [-0.3, -0.25) is 10.3 Å². The molecule has 1 saturated heterocycles. The van der Waals surface area contributed by atoms with Crippen molar-refractivity contribution in [2.45, 2.75) is 45.7 Å². The smallest absolute Gasteiger partial charge is 0.0666 e. The van der Waals surface area contributed by atoms with Crippen LogP contribution in [-0.4, -0.2) is 37.3 Å². The normalized spacial score (nSPS) is 27.7. The highest BCUT2D eigenvalue weighted by Crippen LogP contribution is 2.45. The first-order valence-electron chi connectivity index (χ1n) is 7.32. The van der Waals surface area contributed by atoms with Crippen molar-refractivity contribution in [2.24, 2.45) is 16.8 Å². The summed E-state index contributed by atoms with van der Waals surface area (Å²) >= 11 is 0. The summed E-state index contributed by atoms with van der Waals surface area (Å²) in [7, 11) is 4.13. The molecule has 19 heavy (non-hydrogen) atoms. The highest BCUT2D eigenvalue weighted by Gasteiger charge is 2.47. The Kier molecular flexibility index (Phi) is 4.14. The van der Waals surface area contributed by atoms with Crippen molar-refractivity contribution in [1.29, 1.82) is 0 Å². The second-order valence-corrected chi connectivity index (χ2v) is 6.16. The fourth-order valence-electron chi connectivity index (χ4n) is 2.69. The standard InChI is InChI=1S/C16H27N3/c1-7-17-14(10(2)3)13(12-8-9-12)16-15(18-16)11(4)19(5)6/h7,10,12,15-16,18H,4,8-9H2,1-3,5-6H3/b14-13+,17-7?. The zero-order valence-corrected chi connectivity index (χ0v) is 12.9. The maximum absolute atomic E-state index is 4.66. The summed E-state index contributed by atoms with van der Waals surface area (Å²) in [6, 6.07) is 0.870. The average Bonchev–Trinajstić information content (AvgIpc) is 3.22. The van der Waals surface area contributed by atoms with Crippen molar-refractivity contribution >= 4 is 6.21 Å². The second kappa shape index (κ2) is 5.49. The highest BCUT2D eigenvalue weighted by molar-refractivity contribution is 5.56. The first-order chi connectivity index (χ1) is 8.97. The Morgan fingerprint density at radius 3 is 2.37 bits per heavy atom. The third-order valence-corrected chi connectivity index (χ3v) is 3.98. The van der Waals surface area contributed by atoms with Crippen molar-refractivity contribution in [3.63, 3.8) is 0 Å². The number of hydrogen-bond donors (Lipinski definition) is 1. The van der Waals surface area contributed by atoms with Crippen molar-refractivity contribution in [1.82, 2.24) is 10.2 Å². The minimum atomic E-state index is 0.409. The van der Waals surface area contributed by atoms with Crippen LogP contribution in [0.1, 0.15) is 33.6 Å². The summed E-state index contributed by atoms with van der Waals surface area (Å²) in [6.07, 6.45) is 4.57. The molecule has 106 valence electrons. The van der Waals surface area contributed by atoms with E-state index >= 15 is 0 Å². The molecule has 2 aliphatic rings. The SMILES string of the molecule is C=C(C1NC1/C(=C(/N=CC)C(C)C)C1CC1)N(C)C. The van der Waals surface area contributed by atoms with Crippen LogP contribution >= 0.6 is 0 Å². The number of nitrogens with one attached hydrogen (secondary N) is 1. The largest absolute Gasteiger partial charge is 0.380 e. The van der Waals surface area contributed by atoms with Crippen LogP contribution in [0.25, 0.3) is 0 Å². The van der Waals surface area contributed by atoms with Crippen LogP contribution in [0, 0.1) is 11.8 Å². The minimum Gasteiger partial charge on any atom is -0.380 e. The first kappa shape index (κ1) is 14.3. The molecule has 3 nitrogen and oxygen atoms in total. The van der Waals surface area contributed by atoms with Gasteiger partial charge in [-0.25, -0.2) is 0 Å². The predicted molar refractivity (Wildman–Crippen MR) is 82.3 cm³/mol. The molecule has 3 heteroatoms. The summed E-state index contributed by atoms with van der Waals surface area (Å²) in [5.74, 6) is 1.24. The maximum atomic E-state index is 4.66. The van der Waals surface area contributed by atoms with Gasteiger partial charge in [0.1, 0.15) is 0 Å². The van der Waals surface area contributed by atoms with Gasteiger partial charge in [-0.2, -0.15) is 0 Å². The Morgan fingerprint density at radius 2 is 1.95 bits per heavy atom. The Hall–Kier alpha value is -1.09. The van der Waals surface area contributed by atoms with Gasteiger partial charge in [-0.05, 0) is 37.2 Å². The number of nitrogens with zero attached hydrogens (tertiary/aromatic N) is 2. The van der Waals surface area contributed by atoms with Gasteiger partial charge >= 0.3 is 0 Å². The Bertz CT molecular complexity index is 414. The summed E-state index contributed by atoms with van der Waals surface area (Å²) < 4.78 is 0. The fraction of sp³-hybridized carbons (Fsp3) is 0.688. The van der Waals surface area contributed by atoms with Crippen LogP contribution in [-0.2, 0) is 0 Å². The highest BCUT2D eigenvalue weighted by atomic mass is 15.2. The molecule has 1 aliphatic carbocycles. The van der Waals surface area contributed by atoms with Gasteiger partial charge in [-0.15, -0.1) is 0 Å². The van der Waals surface area contributed by atoms with Crippen molar-refractivity contribution in [3.05, 3.63) is 23.5 Å². The number of aliphatic imine (C=N–C) groups is 1. The Balaban J connectivity index is 2.23. The van der Waals surface area contributed by atoms with Gasteiger partial charge in [0, 0.05) is 31.7 Å². The van der Waals surface area contributed by atoms with E-state index < -0.39 is 0 Å². The zero-order chi connectivity index (χ0) is 14.2. The molecule has 0 bridgehead atoms. The number of allylic oxidation sites excluding steroid dienone is 1. The predicted octanol–water partition coefficient (Wildman–Crippen LogP) is 2.81. The van der Waals surface area contributed by atoms with Gasteiger partial charge < -0.3 is 4.90 Å². The molecular formula is C16H27N3. The van der Waals surface area contributed by atoms with E-state index in [0.29, 0.717) is 18.0 Å². The van der Waals surface area contributed by atoms with Crippen molar-refractivity contribution in [2.75, 3.05) is 14.1 Å². The van der Waals surface area contributed by atoms with Crippen LogP contribution in [0.2, 0.25) is 0 Å². The molecule has 0 aromatic rings. The molecule has 1 saturated carbocycles. The van der Waals surface area contributed by atoms with Crippen LogP contribution in [0.15, 0.2) is 28.5 Å². The molecule has 2 rings (SSSR count). The number of rotatable bonds is 6. The molecule has 2 unspecified atom stereocenters. The molecule has 1 N–H and O–H groups in total. The molecule has 2 atom stereocenters. The van der Waals surface area contributed by atoms with Gasteiger partial charge in [-0.1, -0.05) is 20.4 Å². The quantitative estimate of drug-likeness (QED) is 0.590. The molecule has 1 aliphatic heterocycles.